The molecule has 2 aromatic carbocycles. The summed E-state index contributed by atoms with van der Waals surface area (Å²) in [6.45, 7) is 4.84. The number of hydrogen-bond donors (Lipinski definition) is 1. The van der Waals surface area contributed by atoms with Crippen molar-refractivity contribution in [3.8, 4) is 0 Å². The van der Waals surface area contributed by atoms with E-state index >= 15 is 0 Å². The largest absolute Gasteiger partial charge is 0.478 e. The Balaban J connectivity index is 2.13. The second kappa shape index (κ2) is 6.70. The Kier molecular flexibility index (Phi) is 4.72. The minimum Gasteiger partial charge on any atom is -0.478 e. The average molecular weight is 282 g/mol. The molecule has 0 unspecified atom stereocenters. The van der Waals surface area contributed by atoms with Gasteiger partial charge in [0.25, 0.3) is 0 Å². The van der Waals surface area contributed by atoms with E-state index in [4.69, 9.17) is 5.11 Å². The third kappa shape index (κ3) is 3.92. The number of hydrazone groups is 1. The van der Waals surface area contributed by atoms with Gasteiger partial charge in [-0.2, -0.15) is 5.10 Å². The zero-order valence-corrected chi connectivity index (χ0v) is 12.2. The number of carboxylic acid groups (broad SMARTS) is 1. The minimum absolute atomic E-state index is 0.276. The molecule has 2 aromatic rings. The highest BCUT2D eigenvalue weighted by atomic mass is 16.4. The predicted octanol–water partition coefficient (Wildman–Crippen LogP) is 3.55. The van der Waals surface area contributed by atoms with Gasteiger partial charge in [-0.05, 0) is 43.7 Å². The fourth-order valence-electron chi connectivity index (χ4n) is 1.90. The van der Waals surface area contributed by atoms with Gasteiger partial charge in [0.05, 0.1) is 17.5 Å². The van der Waals surface area contributed by atoms with E-state index in [1.165, 1.54) is 5.56 Å². The van der Waals surface area contributed by atoms with Crippen molar-refractivity contribution >= 4 is 17.9 Å². The summed E-state index contributed by atoms with van der Waals surface area (Å²) in [4.78, 5) is 10.8. The molecule has 4 heteroatoms. The van der Waals surface area contributed by atoms with Crippen molar-refractivity contribution in [1.82, 2.24) is 0 Å². The molecule has 0 atom stereocenters. The molecule has 21 heavy (non-hydrogen) atoms. The summed E-state index contributed by atoms with van der Waals surface area (Å²) in [6.07, 6.45) is 1.73. The van der Waals surface area contributed by atoms with Gasteiger partial charge in [-0.15, -0.1) is 0 Å². The molecule has 0 spiro atoms. The first-order valence-electron chi connectivity index (χ1n) is 6.81. The smallest absolute Gasteiger partial charge is 0.335 e. The average Bonchev–Trinajstić information content (AvgIpc) is 2.50. The van der Waals surface area contributed by atoms with Crippen molar-refractivity contribution in [2.45, 2.75) is 13.8 Å². The van der Waals surface area contributed by atoms with E-state index in [0.29, 0.717) is 0 Å². The lowest BCUT2D eigenvalue weighted by Crippen LogP contribution is -2.15. The molecule has 0 saturated heterocycles. The lowest BCUT2D eigenvalue weighted by Gasteiger charge is -2.16. The third-order valence-corrected chi connectivity index (χ3v) is 3.14. The van der Waals surface area contributed by atoms with Crippen LogP contribution < -0.4 is 5.01 Å². The van der Waals surface area contributed by atoms with Crippen molar-refractivity contribution in [2.24, 2.45) is 5.10 Å². The second-order valence-electron chi connectivity index (χ2n) is 4.72. The van der Waals surface area contributed by atoms with Crippen LogP contribution in [0.2, 0.25) is 0 Å². The number of anilines is 1. The van der Waals surface area contributed by atoms with E-state index < -0.39 is 5.97 Å². The normalized spacial score (nSPS) is 10.8. The van der Waals surface area contributed by atoms with E-state index in [1.54, 1.807) is 30.5 Å². The summed E-state index contributed by atoms with van der Waals surface area (Å²) in [6, 6.07) is 14.8. The van der Waals surface area contributed by atoms with E-state index in [-0.39, 0.29) is 5.56 Å². The van der Waals surface area contributed by atoms with Crippen molar-refractivity contribution in [2.75, 3.05) is 11.6 Å². The Hall–Kier alpha value is -2.62. The maximum absolute atomic E-state index is 10.8. The van der Waals surface area contributed by atoms with E-state index in [9.17, 15) is 4.79 Å². The van der Waals surface area contributed by atoms with Gasteiger partial charge in [0.15, 0.2) is 0 Å². The van der Waals surface area contributed by atoms with Gasteiger partial charge in [0.1, 0.15) is 0 Å². The SMILES string of the molecule is CCN(/N=C\c1ccc(C(=O)O)cc1)c1ccc(C)cc1. The summed E-state index contributed by atoms with van der Waals surface area (Å²) in [5.74, 6) is -0.923. The highest BCUT2D eigenvalue weighted by Crippen LogP contribution is 2.15. The van der Waals surface area contributed by atoms with Crippen LogP contribution in [0.3, 0.4) is 0 Å². The van der Waals surface area contributed by atoms with Gasteiger partial charge in [0, 0.05) is 6.54 Å². The summed E-state index contributed by atoms with van der Waals surface area (Å²) >= 11 is 0. The van der Waals surface area contributed by atoms with Gasteiger partial charge >= 0.3 is 5.97 Å². The van der Waals surface area contributed by atoms with Gasteiger partial charge in [-0.3, -0.25) is 5.01 Å². The predicted molar refractivity (Wildman–Crippen MR) is 85.2 cm³/mol. The van der Waals surface area contributed by atoms with Crippen LogP contribution in [0.25, 0.3) is 0 Å². The van der Waals surface area contributed by atoms with E-state index in [1.807, 2.05) is 31.0 Å². The summed E-state index contributed by atoms with van der Waals surface area (Å²) in [7, 11) is 0. The number of aromatic carboxylic acids is 1. The minimum atomic E-state index is -0.923. The van der Waals surface area contributed by atoms with Gasteiger partial charge in [-0.25, -0.2) is 4.79 Å². The van der Waals surface area contributed by atoms with Crippen molar-refractivity contribution in [3.63, 3.8) is 0 Å². The fraction of sp³-hybridized carbons (Fsp3) is 0.176. The first-order valence-corrected chi connectivity index (χ1v) is 6.81. The summed E-state index contributed by atoms with van der Waals surface area (Å²) in [5, 5.41) is 15.2. The highest BCUT2D eigenvalue weighted by molar-refractivity contribution is 5.89. The van der Waals surface area contributed by atoms with Crippen LogP contribution in [0.15, 0.2) is 53.6 Å². The van der Waals surface area contributed by atoms with Gasteiger partial charge in [-0.1, -0.05) is 29.8 Å². The zero-order chi connectivity index (χ0) is 15.2. The van der Waals surface area contributed by atoms with Crippen molar-refractivity contribution in [1.29, 1.82) is 0 Å². The summed E-state index contributed by atoms with van der Waals surface area (Å²) < 4.78 is 0. The third-order valence-electron chi connectivity index (χ3n) is 3.14. The second-order valence-corrected chi connectivity index (χ2v) is 4.72. The molecule has 0 saturated carbocycles. The Bertz CT molecular complexity index is 631. The van der Waals surface area contributed by atoms with Gasteiger partial charge in [0.2, 0.25) is 0 Å². The van der Waals surface area contributed by atoms with Crippen LogP contribution in [-0.2, 0) is 0 Å². The number of hydrogen-bond acceptors (Lipinski definition) is 3. The van der Waals surface area contributed by atoms with Crippen LogP contribution in [0, 0.1) is 6.92 Å². The topological polar surface area (TPSA) is 52.9 Å². The Morgan fingerprint density at radius 2 is 1.76 bits per heavy atom. The molecule has 108 valence electrons. The molecule has 4 nitrogen and oxygen atoms in total. The Morgan fingerprint density at radius 1 is 1.14 bits per heavy atom. The van der Waals surface area contributed by atoms with Crippen molar-refractivity contribution < 1.29 is 9.90 Å². The first-order chi connectivity index (χ1) is 10.1. The number of carboxylic acids is 1. The molecule has 0 aliphatic heterocycles. The lowest BCUT2D eigenvalue weighted by molar-refractivity contribution is 0.0697. The van der Waals surface area contributed by atoms with E-state index in [2.05, 4.69) is 17.2 Å². The first kappa shape index (κ1) is 14.8. The molecule has 0 aromatic heterocycles. The van der Waals surface area contributed by atoms with Crippen LogP contribution in [0.4, 0.5) is 5.69 Å². The number of nitrogens with zero attached hydrogens (tertiary/aromatic N) is 2. The van der Waals surface area contributed by atoms with Gasteiger partial charge < -0.3 is 5.11 Å². The van der Waals surface area contributed by atoms with Crippen LogP contribution >= 0.6 is 0 Å². The fourth-order valence-corrected chi connectivity index (χ4v) is 1.90. The monoisotopic (exact) mass is 282 g/mol. The van der Waals surface area contributed by atoms with Crippen LogP contribution in [0.1, 0.15) is 28.4 Å². The maximum Gasteiger partial charge on any atom is 0.335 e. The molecule has 0 bridgehead atoms. The lowest BCUT2D eigenvalue weighted by atomic mass is 10.1. The highest BCUT2D eigenvalue weighted by Gasteiger charge is 2.02. The van der Waals surface area contributed by atoms with Crippen LogP contribution in [-0.4, -0.2) is 23.8 Å². The van der Waals surface area contributed by atoms with Crippen LogP contribution in [0.5, 0.6) is 0 Å². The molecule has 0 heterocycles. The van der Waals surface area contributed by atoms with E-state index in [0.717, 1.165) is 17.8 Å². The standard InChI is InChI=1S/C17H18N2O2/c1-3-19(16-10-4-13(2)5-11-16)18-12-14-6-8-15(9-7-14)17(20)21/h4-12H,3H2,1-2H3,(H,20,21)/b18-12-. The Labute approximate surface area is 124 Å². The number of aryl methyl sites for hydroxylation is 1. The molecule has 0 aliphatic rings. The molecule has 0 aliphatic carbocycles. The zero-order valence-electron chi connectivity index (χ0n) is 12.2. The number of rotatable bonds is 5. The molecule has 0 fully saturated rings. The molecular weight excluding hydrogens is 264 g/mol. The molecule has 0 radical (unpaired) electrons. The summed E-state index contributed by atoms with van der Waals surface area (Å²) in [5.41, 5.74) is 3.38. The molecular formula is C17H18N2O2. The maximum atomic E-state index is 10.8. The quantitative estimate of drug-likeness (QED) is 0.674. The number of carbonyl (C=O) groups is 1. The number of benzene rings is 2. The molecule has 0 amide bonds. The Morgan fingerprint density at radius 3 is 2.29 bits per heavy atom. The molecule has 1 N–H and O–H groups in total. The molecule has 2 rings (SSSR count). The van der Waals surface area contributed by atoms with Crippen molar-refractivity contribution in [3.05, 3.63) is 65.2 Å².